The van der Waals surface area contributed by atoms with Crippen molar-refractivity contribution >= 4 is 5.97 Å². The average Bonchev–Trinajstić information content (AvgIpc) is 3.14. The summed E-state index contributed by atoms with van der Waals surface area (Å²) in [5, 5.41) is 13.0. The van der Waals surface area contributed by atoms with Crippen LogP contribution in [0.3, 0.4) is 0 Å². The number of carboxylic acids is 1. The van der Waals surface area contributed by atoms with Gasteiger partial charge in [-0.15, -0.1) is 0 Å². The molecule has 1 aromatic rings. The predicted octanol–water partition coefficient (Wildman–Crippen LogP) is 2.62. The summed E-state index contributed by atoms with van der Waals surface area (Å²) < 4.78 is 0. The number of carboxylic acid groups (broad SMARTS) is 1. The molecular formula is C15H21NO2. The highest BCUT2D eigenvalue weighted by molar-refractivity contribution is 5.81. The van der Waals surface area contributed by atoms with Gasteiger partial charge in [-0.3, -0.25) is 5.32 Å². The Kier molecular flexibility index (Phi) is 3.71. The summed E-state index contributed by atoms with van der Waals surface area (Å²) in [6.45, 7) is 4.71. The number of carbonyl (C=O) groups is 1. The van der Waals surface area contributed by atoms with Crippen LogP contribution in [0.5, 0.6) is 0 Å². The van der Waals surface area contributed by atoms with Gasteiger partial charge in [0.1, 0.15) is 5.54 Å². The minimum Gasteiger partial charge on any atom is -0.480 e. The van der Waals surface area contributed by atoms with Gasteiger partial charge in [0.2, 0.25) is 0 Å². The van der Waals surface area contributed by atoms with Crippen LogP contribution in [0.4, 0.5) is 0 Å². The third kappa shape index (κ3) is 2.41. The number of benzene rings is 1. The summed E-state index contributed by atoms with van der Waals surface area (Å²) in [5.74, 6) is -0.133. The second-order valence-corrected chi connectivity index (χ2v) is 5.46. The Labute approximate surface area is 108 Å². The Balaban J connectivity index is 2.32. The van der Waals surface area contributed by atoms with Crippen molar-refractivity contribution in [2.45, 2.75) is 32.2 Å². The highest BCUT2D eigenvalue weighted by Crippen LogP contribution is 2.33. The van der Waals surface area contributed by atoms with Gasteiger partial charge in [0.25, 0.3) is 0 Å². The maximum Gasteiger partial charge on any atom is 0.328 e. The molecule has 0 radical (unpaired) electrons. The minimum absolute atomic E-state index is 0.00356. The molecule has 0 aliphatic heterocycles. The van der Waals surface area contributed by atoms with Crippen LogP contribution in [-0.2, 0) is 10.3 Å². The third-order valence-corrected chi connectivity index (χ3v) is 3.80. The van der Waals surface area contributed by atoms with Crippen molar-refractivity contribution in [2.75, 3.05) is 6.54 Å². The molecule has 1 saturated carbocycles. The van der Waals surface area contributed by atoms with Crippen molar-refractivity contribution in [2.24, 2.45) is 11.8 Å². The molecule has 18 heavy (non-hydrogen) atoms. The molecule has 1 fully saturated rings. The minimum atomic E-state index is -0.968. The van der Waals surface area contributed by atoms with E-state index in [2.05, 4.69) is 5.32 Å². The molecule has 0 heterocycles. The van der Waals surface area contributed by atoms with Gasteiger partial charge in [0, 0.05) is 0 Å². The molecule has 1 aliphatic rings. The van der Waals surface area contributed by atoms with Crippen molar-refractivity contribution in [3.05, 3.63) is 35.9 Å². The monoisotopic (exact) mass is 247 g/mol. The summed E-state index contributed by atoms with van der Waals surface area (Å²) in [7, 11) is 0. The average molecular weight is 247 g/mol. The fourth-order valence-corrected chi connectivity index (χ4v) is 2.41. The fraction of sp³-hybridized carbons (Fsp3) is 0.533. The van der Waals surface area contributed by atoms with Gasteiger partial charge in [-0.05, 0) is 36.8 Å². The van der Waals surface area contributed by atoms with E-state index in [-0.39, 0.29) is 5.92 Å². The molecule has 3 nitrogen and oxygen atoms in total. The van der Waals surface area contributed by atoms with Gasteiger partial charge in [-0.25, -0.2) is 4.79 Å². The van der Waals surface area contributed by atoms with Crippen LogP contribution in [0.2, 0.25) is 0 Å². The number of hydrogen-bond donors (Lipinski definition) is 2. The van der Waals surface area contributed by atoms with Crippen LogP contribution in [0.1, 0.15) is 32.3 Å². The molecule has 0 saturated heterocycles. The maximum absolute atomic E-state index is 11.8. The molecule has 2 rings (SSSR count). The molecule has 0 amide bonds. The van der Waals surface area contributed by atoms with Gasteiger partial charge in [0.05, 0.1) is 0 Å². The van der Waals surface area contributed by atoms with Crippen LogP contribution in [0.15, 0.2) is 30.3 Å². The van der Waals surface area contributed by atoms with Gasteiger partial charge >= 0.3 is 5.97 Å². The van der Waals surface area contributed by atoms with Gasteiger partial charge in [0.15, 0.2) is 0 Å². The smallest absolute Gasteiger partial charge is 0.328 e. The first kappa shape index (κ1) is 13.1. The summed E-state index contributed by atoms with van der Waals surface area (Å²) >= 11 is 0. The largest absolute Gasteiger partial charge is 0.480 e. The Bertz CT molecular complexity index is 412. The summed E-state index contributed by atoms with van der Waals surface area (Å²) in [5.41, 5.74) is -0.128. The first-order chi connectivity index (χ1) is 8.57. The zero-order chi connectivity index (χ0) is 13.2. The molecule has 98 valence electrons. The van der Waals surface area contributed by atoms with E-state index in [1.807, 2.05) is 44.2 Å². The Morgan fingerprint density at radius 2 is 2.00 bits per heavy atom. The van der Waals surface area contributed by atoms with E-state index in [9.17, 15) is 9.90 Å². The normalized spacial score (nSPS) is 18.6. The number of aliphatic carboxylic acids is 1. The molecule has 1 unspecified atom stereocenters. The molecule has 1 aliphatic carbocycles. The van der Waals surface area contributed by atoms with Crippen LogP contribution in [0.25, 0.3) is 0 Å². The molecule has 0 aromatic heterocycles. The lowest BCUT2D eigenvalue weighted by Gasteiger charge is -2.35. The molecule has 1 atom stereocenters. The standard InChI is InChI=1S/C15H21NO2/c1-11(2)15(14(17)18,16-10-12-8-9-12)13-6-4-3-5-7-13/h3-7,11-12,16H,8-10H2,1-2H3,(H,17,18). The SMILES string of the molecule is CC(C)C(NCC1CC1)(C(=O)O)c1ccccc1. The van der Waals surface area contributed by atoms with Crippen LogP contribution < -0.4 is 5.32 Å². The topological polar surface area (TPSA) is 49.3 Å². The Morgan fingerprint density at radius 3 is 2.44 bits per heavy atom. The molecule has 3 heteroatoms. The first-order valence-electron chi connectivity index (χ1n) is 6.61. The number of hydrogen-bond acceptors (Lipinski definition) is 2. The lowest BCUT2D eigenvalue weighted by molar-refractivity contribution is -0.147. The molecular weight excluding hydrogens is 226 g/mol. The molecule has 0 spiro atoms. The highest BCUT2D eigenvalue weighted by atomic mass is 16.4. The zero-order valence-corrected chi connectivity index (χ0v) is 11.0. The van der Waals surface area contributed by atoms with Gasteiger partial charge < -0.3 is 5.11 Å². The lowest BCUT2D eigenvalue weighted by atomic mass is 9.79. The van der Waals surface area contributed by atoms with E-state index < -0.39 is 11.5 Å². The van der Waals surface area contributed by atoms with Crippen LogP contribution in [-0.4, -0.2) is 17.6 Å². The van der Waals surface area contributed by atoms with E-state index >= 15 is 0 Å². The fourth-order valence-electron chi connectivity index (χ4n) is 2.41. The number of nitrogens with one attached hydrogen (secondary N) is 1. The van der Waals surface area contributed by atoms with Crippen molar-refractivity contribution in [1.29, 1.82) is 0 Å². The van der Waals surface area contributed by atoms with Crippen LogP contribution >= 0.6 is 0 Å². The maximum atomic E-state index is 11.8. The van der Waals surface area contributed by atoms with Crippen molar-refractivity contribution in [1.82, 2.24) is 5.32 Å². The molecule has 0 bridgehead atoms. The van der Waals surface area contributed by atoms with Gasteiger partial charge in [-0.2, -0.15) is 0 Å². The molecule has 2 N–H and O–H groups in total. The van der Waals surface area contributed by atoms with E-state index in [0.29, 0.717) is 5.92 Å². The third-order valence-electron chi connectivity index (χ3n) is 3.80. The van der Waals surface area contributed by atoms with E-state index in [4.69, 9.17) is 0 Å². The van der Waals surface area contributed by atoms with E-state index in [1.54, 1.807) is 0 Å². The zero-order valence-electron chi connectivity index (χ0n) is 11.0. The van der Waals surface area contributed by atoms with Crippen molar-refractivity contribution in [3.8, 4) is 0 Å². The van der Waals surface area contributed by atoms with Gasteiger partial charge in [-0.1, -0.05) is 44.2 Å². The first-order valence-corrected chi connectivity index (χ1v) is 6.61. The van der Waals surface area contributed by atoms with Crippen molar-refractivity contribution in [3.63, 3.8) is 0 Å². The Hall–Kier alpha value is -1.35. The quantitative estimate of drug-likeness (QED) is 0.812. The van der Waals surface area contributed by atoms with E-state index in [1.165, 1.54) is 12.8 Å². The Morgan fingerprint density at radius 1 is 1.39 bits per heavy atom. The summed E-state index contributed by atoms with van der Waals surface area (Å²) in [4.78, 5) is 11.8. The van der Waals surface area contributed by atoms with Crippen LogP contribution in [0, 0.1) is 11.8 Å². The second-order valence-electron chi connectivity index (χ2n) is 5.46. The lowest BCUT2D eigenvalue weighted by Crippen LogP contribution is -2.53. The summed E-state index contributed by atoms with van der Waals surface area (Å²) in [6.07, 6.45) is 2.44. The highest BCUT2D eigenvalue weighted by Gasteiger charge is 2.44. The van der Waals surface area contributed by atoms with E-state index in [0.717, 1.165) is 12.1 Å². The second kappa shape index (κ2) is 5.11. The van der Waals surface area contributed by atoms with Crippen molar-refractivity contribution < 1.29 is 9.90 Å². The summed E-state index contributed by atoms with van der Waals surface area (Å²) in [6, 6.07) is 9.50. The number of rotatable bonds is 6. The predicted molar refractivity (Wildman–Crippen MR) is 71.3 cm³/mol. The molecule has 1 aromatic carbocycles.